The fourth-order valence-corrected chi connectivity index (χ4v) is 2.88. The number of carbonyl (C=O) groups excluding carboxylic acids is 1. The van der Waals surface area contributed by atoms with Gasteiger partial charge in [-0.25, -0.2) is 0 Å². The molecular formula is C23H41N3O2. The molecule has 0 bridgehead atoms. The fourth-order valence-electron chi connectivity index (χ4n) is 2.88. The summed E-state index contributed by atoms with van der Waals surface area (Å²) in [5.74, 6) is 1.64. The van der Waals surface area contributed by atoms with Gasteiger partial charge in [0.1, 0.15) is 6.29 Å². The molecule has 0 aromatic rings. The third kappa shape index (κ3) is 12.2. The number of aldehydes is 1. The van der Waals surface area contributed by atoms with Gasteiger partial charge in [-0.05, 0) is 83.6 Å². The van der Waals surface area contributed by atoms with Crippen LogP contribution >= 0.6 is 0 Å². The first-order chi connectivity index (χ1) is 13.7. The Morgan fingerprint density at radius 3 is 2.61 bits per heavy atom. The van der Waals surface area contributed by atoms with Crippen LogP contribution in [0, 0.1) is 11.8 Å². The topological polar surface area (TPSA) is 73.4 Å². The largest absolute Gasteiger partial charge is 0.392 e. The lowest BCUT2D eigenvalue weighted by Crippen LogP contribution is -2.26. The van der Waals surface area contributed by atoms with Crippen LogP contribution in [-0.2, 0) is 4.79 Å². The average Bonchev–Trinajstić information content (AvgIpc) is 3.63. The van der Waals surface area contributed by atoms with Crippen LogP contribution in [0.1, 0.15) is 45.4 Å². The Morgan fingerprint density at radius 2 is 2.04 bits per heavy atom. The van der Waals surface area contributed by atoms with E-state index in [1.165, 1.54) is 25.8 Å². The molecule has 5 heteroatoms. The van der Waals surface area contributed by atoms with Crippen LogP contribution in [0.4, 0.5) is 0 Å². The van der Waals surface area contributed by atoms with E-state index in [-0.39, 0.29) is 12.6 Å². The Morgan fingerprint density at radius 1 is 1.25 bits per heavy atom. The first kappa shape index (κ1) is 24.8. The molecule has 0 radical (unpaired) electrons. The zero-order chi connectivity index (χ0) is 20.6. The number of aliphatic hydroxyl groups excluding tert-OH is 1. The summed E-state index contributed by atoms with van der Waals surface area (Å²) in [6.07, 6.45) is 18.4. The van der Waals surface area contributed by atoms with Crippen molar-refractivity contribution in [2.45, 2.75) is 57.5 Å². The van der Waals surface area contributed by atoms with Gasteiger partial charge in [-0.3, -0.25) is 0 Å². The molecule has 5 nitrogen and oxygen atoms in total. The maximum absolute atomic E-state index is 10.3. The van der Waals surface area contributed by atoms with Gasteiger partial charge in [0.25, 0.3) is 0 Å². The van der Waals surface area contributed by atoms with Crippen LogP contribution in [0.2, 0.25) is 0 Å². The Hall–Kier alpha value is -1.27. The summed E-state index contributed by atoms with van der Waals surface area (Å²) in [6.45, 7) is 4.34. The molecule has 4 N–H and O–H groups in total. The lowest BCUT2D eigenvalue weighted by Gasteiger charge is -2.07. The maximum atomic E-state index is 10.3. The SMILES string of the molecule is CNCCCCC(C=O)NC.C\C=C/C=C(\C=C\C1CC1NCC1CC1)CO. The molecule has 28 heavy (non-hydrogen) atoms. The molecule has 0 amide bonds. The van der Waals surface area contributed by atoms with Crippen molar-refractivity contribution in [3.63, 3.8) is 0 Å². The number of rotatable bonds is 14. The minimum absolute atomic E-state index is 0.0480. The van der Waals surface area contributed by atoms with Crippen molar-refractivity contribution in [2.24, 2.45) is 11.8 Å². The predicted octanol–water partition coefficient (Wildman–Crippen LogP) is 2.59. The second kappa shape index (κ2) is 15.6. The molecule has 2 aliphatic rings. The Balaban J connectivity index is 0.000000311. The van der Waals surface area contributed by atoms with E-state index in [1.54, 1.807) is 0 Å². The van der Waals surface area contributed by atoms with Crippen molar-refractivity contribution >= 4 is 6.29 Å². The summed E-state index contributed by atoms with van der Waals surface area (Å²) in [4.78, 5) is 10.3. The van der Waals surface area contributed by atoms with E-state index in [9.17, 15) is 4.79 Å². The van der Waals surface area contributed by atoms with E-state index in [4.69, 9.17) is 5.11 Å². The number of nitrogens with one attached hydrogen (secondary N) is 3. The van der Waals surface area contributed by atoms with Gasteiger partial charge in [0.15, 0.2) is 0 Å². The third-order valence-electron chi connectivity index (χ3n) is 5.18. The molecule has 2 aliphatic carbocycles. The van der Waals surface area contributed by atoms with Crippen molar-refractivity contribution < 1.29 is 9.90 Å². The first-order valence-electron chi connectivity index (χ1n) is 10.8. The van der Waals surface area contributed by atoms with E-state index in [1.807, 2.05) is 39.2 Å². The zero-order valence-corrected chi connectivity index (χ0v) is 18.0. The molecule has 0 aromatic carbocycles. The molecule has 0 aromatic heterocycles. The van der Waals surface area contributed by atoms with Crippen molar-refractivity contribution in [3.05, 3.63) is 36.0 Å². The molecule has 0 aliphatic heterocycles. The van der Waals surface area contributed by atoms with E-state index in [0.29, 0.717) is 12.0 Å². The highest BCUT2D eigenvalue weighted by atomic mass is 16.3. The first-order valence-corrected chi connectivity index (χ1v) is 10.8. The number of carbonyl (C=O) groups is 1. The minimum Gasteiger partial charge on any atom is -0.392 e. The van der Waals surface area contributed by atoms with Gasteiger partial charge in [0, 0.05) is 6.04 Å². The predicted molar refractivity (Wildman–Crippen MR) is 118 cm³/mol. The smallest absolute Gasteiger partial charge is 0.136 e. The molecule has 0 heterocycles. The van der Waals surface area contributed by atoms with Crippen molar-refractivity contribution in [3.8, 4) is 0 Å². The lowest BCUT2D eigenvalue weighted by atomic mass is 10.1. The van der Waals surface area contributed by atoms with Gasteiger partial charge in [-0.15, -0.1) is 0 Å². The molecule has 3 unspecified atom stereocenters. The number of unbranched alkanes of at least 4 members (excludes halogenated alkanes) is 1. The summed E-state index contributed by atoms with van der Waals surface area (Å²) in [5.41, 5.74) is 0.982. The highest BCUT2D eigenvalue weighted by Crippen LogP contribution is 2.34. The monoisotopic (exact) mass is 391 g/mol. The fraction of sp³-hybridized carbons (Fsp3) is 0.696. The Labute approximate surface area is 171 Å². The van der Waals surface area contributed by atoms with Gasteiger partial charge < -0.3 is 25.9 Å². The number of hydrogen-bond acceptors (Lipinski definition) is 5. The average molecular weight is 392 g/mol. The summed E-state index contributed by atoms with van der Waals surface area (Å²) in [6, 6.07) is 0.736. The molecule has 160 valence electrons. The van der Waals surface area contributed by atoms with Crippen molar-refractivity contribution in [1.29, 1.82) is 0 Å². The van der Waals surface area contributed by atoms with Crippen molar-refractivity contribution in [2.75, 3.05) is 33.8 Å². The van der Waals surface area contributed by atoms with Crippen LogP contribution in [0.25, 0.3) is 0 Å². The lowest BCUT2D eigenvalue weighted by molar-refractivity contribution is -0.109. The minimum atomic E-state index is 0.0480. The standard InChI is InChI=1S/C15H23NO.C8H18N2O/c1-2-3-4-13(11-17)7-8-14-9-15(14)16-10-12-5-6-12;1-9-6-4-3-5-8(7-11)10-2/h2-4,7-8,12,14-17H,5-6,9-11H2,1H3;7-10H,3-6H2,1-2H3/b3-2-,8-7+,13-4+;. The van der Waals surface area contributed by atoms with Crippen LogP contribution in [-0.4, -0.2) is 57.3 Å². The highest BCUT2D eigenvalue weighted by Gasteiger charge is 2.35. The van der Waals surface area contributed by atoms with E-state index in [2.05, 4.69) is 28.1 Å². The Bertz CT molecular complexity index is 498. The third-order valence-corrected chi connectivity index (χ3v) is 5.18. The van der Waals surface area contributed by atoms with E-state index in [0.717, 1.165) is 43.6 Å². The normalized spacial score (nSPS) is 22.9. The van der Waals surface area contributed by atoms with Gasteiger partial charge >= 0.3 is 0 Å². The van der Waals surface area contributed by atoms with Crippen LogP contribution in [0.5, 0.6) is 0 Å². The number of allylic oxidation sites excluding steroid dienone is 3. The molecular weight excluding hydrogens is 350 g/mol. The molecule has 0 saturated heterocycles. The Kier molecular flexibility index (Phi) is 13.8. The number of likely N-dealkylation sites (N-methyl/N-ethyl adjacent to an activating group) is 1. The summed E-state index contributed by atoms with van der Waals surface area (Å²) in [5, 5.41) is 18.8. The van der Waals surface area contributed by atoms with E-state index < -0.39 is 0 Å². The molecule has 2 saturated carbocycles. The van der Waals surface area contributed by atoms with Gasteiger partial charge in [-0.1, -0.05) is 36.8 Å². The summed E-state index contributed by atoms with van der Waals surface area (Å²) in [7, 11) is 3.76. The van der Waals surface area contributed by atoms with Gasteiger partial charge in [-0.2, -0.15) is 0 Å². The van der Waals surface area contributed by atoms with Crippen LogP contribution in [0.3, 0.4) is 0 Å². The number of aliphatic hydroxyl groups is 1. The molecule has 3 atom stereocenters. The highest BCUT2D eigenvalue weighted by molar-refractivity contribution is 5.57. The molecule has 0 spiro atoms. The zero-order valence-electron chi connectivity index (χ0n) is 18.0. The van der Waals surface area contributed by atoms with Crippen LogP contribution < -0.4 is 16.0 Å². The van der Waals surface area contributed by atoms with Crippen LogP contribution in [0.15, 0.2) is 36.0 Å². The van der Waals surface area contributed by atoms with E-state index >= 15 is 0 Å². The summed E-state index contributed by atoms with van der Waals surface area (Å²) < 4.78 is 0. The number of hydrogen-bond donors (Lipinski definition) is 4. The maximum Gasteiger partial charge on any atom is 0.136 e. The van der Waals surface area contributed by atoms with Crippen molar-refractivity contribution in [1.82, 2.24) is 16.0 Å². The molecule has 2 fully saturated rings. The van der Waals surface area contributed by atoms with Gasteiger partial charge in [0.05, 0.1) is 12.6 Å². The quantitative estimate of drug-likeness (QED) is 0.208. The second-order valence-electron chi connectivity index (χ2n) is 7.77. The molecule has 2 rings (SSSR count). The second-order valence-corrected chi connectivity index (χ2v) is 7.77. The van der Waals surface area contributed by atoms with Gasteiger partial charge in [0.2, 0.25) is 0 Å². The summed E-state index contributed by atoms with van der Waals surface area (Å²) >= 11 is 0.